The van der Waals surface area contributed by atoms with E-state index in [2.05, 4.69) is 64.4 Å². The van der Waals surface area contributed by atoms with Gasteiger partial charge in [0, 0.05) is 16.7 Å². The minimum atomic E-state index is -2.50. The summed E-state index contributed by atoms with van der Waals surface area (Å²) in [4.78, 5) is 8.65. The normalized spacial score (nSPS) is 13.8. The summed E-state index contributed by atoms with van der Waals surface area (Å²) in [5, 5.41) is 3.38. The van der Waals surface area contributed by atoms with Crippen LogP contribution in [0, 0.1) is 0 Å². The number of hydrogen-bond donors (Lipinski definition) is 2. The molecule has 6 heteroatoms. The molecule has 0 amide bonds. The van der Waals surface area contributed by atoms with Crippen molar-refractivity contribution >= 4 is 13.8 Å². The van der Waals surface area contributed by atoms with E-state index < -0.39 is 8.25 Å². The van der Waals surface area contributed by atoms with Crippen LogP contribution in [0.15, 0.2) is 54.6 Å². The zero-order valence-corrected chi connectivity index (χ0v) is 19.7. The van der Waals surface area contributed by atoms with Crippen LogP contribution < -0.4 is 10.1 Å². The van der Waals surface area contributed by atoms with Crippen LogP contribution in [0.2, 0.25) is 0 Å². The van der Waals surface area contributed by atoms with Gasteiger partial charge in [-0.15, -0.1) is 9.42 Å². The lowest BCUT2D eigenvalue weighted by atomic mass is 10.0. The first-order chi connectivity index (χ1) is 15.7. The molecule has 0 saturated carbocycles. The highest BCUT2D eigenvalue weighted by Gasteiger charge is 2.14. The lowest BCUT2D eigenvalue weighted by molar-refractivity contribution is 0.276. The van der Waals surface area contributed by atoms with Gasteiger partial charge in [-0.25, -0.2) is 0 Å². The second kappa shape index (κ2) is 14.2. The first-order valence-corrected chi connectivity index (χ1v) is 12.8. The Balaban J connectivity index is 1.44. The van der Waals surface area contributed by atoms with Gasteiger partial charge in [0.15, 0.2) is 0 Å². The van der Waals surface area contributed by atoms with Crippen molar-refractivity contribution < 1.29 is 18.7 Å². The van der Waals surface area contributed by atoms with Crippen molar-refractivity contribution in [3.05, 3.63) is 71.3 Å². The quantitative estimate of drug-likeness (QED) is 0.247. The van der Waals surface area contributed by atoms with Gasteiger partial charge in [-0.3, -0.25) is 0 Å². The van der Waals surface area contributed by atoms with E-state index in [9.17, 15) is 4.57 Å². The van der Waals surface area contributed by atoms with E-state index in [0.717, 1.165) is 51.1 Å². The van der Waals surface area contributed by atoms with Gasteiger partial charge < -0.3 is 10.1 Å². The lowest BCUT2D eigenvalue weighted by Gasteiger charge is -2.15. The molecule has 0 radical (unpaired) electrons. The summed E-state index contributed by atoms with van der Waals surface area (Å²) in [6, 6.07) is 17.1. The minimum Gasteiger partial charge on any atom is -0.493 e. The molecule has 1 atom stereocenters. The first-order valence-electron chi connectivity index (χ1n) is 11.7. The number of unbranched alkanes of at least 4 members (excludes halogenated alkanes) is 2. The Kier molecular flexibility index (Phi) is 10.9. The van der Waals surface area contributed by atoms with Crippen LogP contribution in [0.5, 0.6) is 5.75 Å². The molecule has 1 aliphatic rings. The Morgan fingerprint density at radius 3 is 2.62 bits per heavy atom. The molecule has 0 bridgehead atoms. The number of aryl methyl sites for hydroxylation is 1. The second-order valence-corrected chi connectivity index (χ2v) is 8.93. The monoisotopic (exact) mass is 456 g/mol. The maximum atomic E-state index is 10.5. The van der Waals surface area contributed by atoms with Gasteiger partial charge in [-0.05, 0) is 86.7 Å². The third kappa shape index (κ3) is 8.84. The summed E-state index contributed by atoms with van der Waals surface area (Å²) < 4.78 is 21.4. The fourth-order valence-electron chi connectivity index (χ4n) is 3.99. The predicted octanol–water partition coefficient (Wildman–Crippen LogP) is 6.19. The Morgan fingerprint density at radius 2 is 1.84 bits per heavy atom. The summed E-state index contributed by atoms with van der Waals surface area (Å²) in [6.45, 7) is 2.53. The molecule has 3 rings (SSSR count). The summed E-state index contributed by atoms with van der Waals surface area (Å²) in [5.41, 5.74) is 5.25. The number of hydrogen-bond acceptors (Lipinski definition) is 4. The molecular formula is C26H35NO4P+. The summed E-state index contributed by atoms with van der Waals surface area (Å²) in [5.74, 6) is 0.991. The van der Waals surface area contributed by atoms with E-state index in [-0.39, 0.29) is 6.61 Å². The van der Waals surface area contributed by atoms with E-state index in [0.29, 0.717) is 6.42 Å². The Hall–Kier alpha value is -2.04. The molecule has 5 nitrogen and oxygen atoms in total. The van der Waals surface area contributed by atoms with Crippen LogP contribution in [-0.4, -0.2) is 24.7 Å². The van der Waals surface area contributed by atoms with Crippen molar-refractivity contribution in [1.82, 2.24) is 5.32 Å². The predicted molar refractivity (Wildman–Crippen MR) is 130 cm³/mol. The summed E-state index contributed by atoms with van der Waals surface area (Å²) in [7, 11) is -2.50. The van der Waals surface area contributed by atoms with E-state index in [1.807, 2.05) is 0 Å². The van der Waals surface area contributed by atoms with Crippen LogP contribution in [0.25, 0.3) is 5.57 Å². The zero-order chi connectivity index (χ0) is 22.4. The van der Waals surface area contributed by atoms with Gasteiger partial charge in [0.25, 0.3) is 0 Å². The largest absolute Gasteiger partial charge is 0.694 e. The van der Waals surface area contributed by atoms with Crippen molar-refractivity contribution in [2.45, 2.75) is 57.9 Å². The minimum absolute atomic E-state index is 0.287. The molecule has 2 N–H and O–H groups in total. The average molecular weight is 457 g/mol. The van der Waals surface area contributed by atoms with E-state index in [1.54, 1.807) is 0 Å². The highest BCUT2D eigenvalue weighted by atomic mass is 31.1. The number of nitrogens with one attached hydrogen (secondary N) is 1. The van der Waals surface area contributed by atoms with Crippen molar-refractivity contribution in [3.63, 3.8) is 0 Å². The summed E-state index contributed by atoms with van der Waals surface area (Å²) >= 11 is 0. The third-order valence-corrected chi connectivity index (χ3v) is 6.07. The zero-order valence-electron chi connectivity index (χ0n) is 18.8. The van der Waals surface area contributed by atoms with Crippen LogP contribution in [-0.2, 0) is 22.1 Å². The Morgan fingerprint density at radius 1 is 0.969 bits per heavy atom. The molecule has 2 aromatic rings. The molecule has 0 saturated heterocycles. The molecule has 32 heavy (non-hydrogen) atoms. The molecular weight excluding hydrogens is 421 g/mol. The Bertz CT molecular complexity index is 869. The maximum Gasteiger partial charge on any atom is 0.694 e. The lowest BCUT2D eigenvalue weighted by Crippen LogP contribution is -2.16. The van der Waals surface area contributed by atoms with Gasteiger partial charge in [0.05, 0.1) is 6.61 Å². The van der Waals surface area contributed by atoms with Gasteiger partial charge in [0.2, 0.25) is 0 Å². The average Bonchev–Trinajstić information content (AvgIpc) is 3.34. The fourth-order valence-corrected chi connectivity index (χ4v) is 4.27. The van der Waals surface area contributed by atoms with Crippen LogP contribution in [0.4, 0.5) is 0 Å². The fraction of sp³-hybridized carbons (Fsp3) is 0.462. The van der Waals surface area contributed by atoms with Crippen LogP contribution in [0.3, 0.4) is 0 Å². The number of ether oxygens (including phenoxy) is 1. The van der Waals surface area contributed by atoms with Gasteiger partial charge in [-0.1, -0.05) is 42.5 Å². The van der Waals surface area contributed by atoms with Gasteiger partial charge in [0.1, 0.15) is 12.4 Å². The number of allylic oxidation sites excluding steroid dienone is 2. The molecule has 1 unspecified atom stereocenters. The van der Waals surface area contributed by atoms with E-state index in [4.69, 9.17) is 9.63 Å². The smallest absolute Gasteiger partial charge is 0.493 e. The highest BCUT2D eigenvalue weighted by Crippen LogP contribution is 2.34. The van der Waals surface area contributed by atoms with Crippen molar-refractivity contribution in [3.8, 4) is 5.75 Å². The first kappa shape index (κ1) is 24.6. The molecule has 0 heterocycles. The van der Waals surface area contributed by atoms with Gasteiger partial charge >= 0.3 is 8.25 Å². The SMILES string of the molecule is O=[P+](O)OCCCNCc1ccc(OCCCCCc2ccccc2)c(C2=CCCC2)c1. The van der Waals surface area contributed by atoms with Crippen molar-refractivity contribution in [2.75, 3.05) is 19.8 Å². The van der Waals surface area contributed by atoms with Gasteiger partial charge in [-0.2, -0.15) is 0 Å². The van der Waals surface area contributed by atoms with Crippen LogP contribution >= 0.6 is 8.25 Å². The highest BCUT2D eigenvalue weighted by molar-refractivity contribution is 7.32. The molecule has 0 aliphatic heterocycles. The van der Waals surface area contributed by atoms with E-state index >= 15 is 0 Å². The molecule has 172 valence electrons. The summed E-state index contributed by atoms with van der Waals surface area (Å²) in [6.07, 6.45) is 11.1. The standard InChI is InChI=1S/C26H34NO4P/c28-32(29)31-19-9-17-27-21-23-15-16-26(25(20-23)24-13-6-7-14-24)30-18-8-2-5-12-22-10-3-1-4-11-22/h1,3-4,10-11,13,15-16,20,27H,2,5-9,12,14,17-19,21H2/p+1. The number of benzene rings is 2. The molecule has 0 spiro atoms. The third-order valence-electron chi connectivity index (χ3n) is 5.67. The molecule has 2 aromatic carbocycles. The van der Waals surface area contributed by atoms with Crippen molar-refractivity contribution in [2.24, 2.45) is 0 Å². The Labute approximate surface area is 192 Å². The van der Waals surface area contributed by atoms with E-state index in [1.165, 1.54) is 41.5 Å². The van der Waals surface area contributed by atoms with Crippen molar-refractivity contribution in [1.29, 1.82) is 0 Å². The topological polar surface area (TPSA) is 67.8 Å². The van der Waals surface area contributed by atoms with Crippen LogP contribution in [0.1, 0.15) is 61.6 Å². The molecule has 0 fully saturated rings. The molecule has 1 aliphatic carbocycles. The number of rotatable bonds is 15. The second-order valence-electron chi connectivity index (χ2n) is 8.20. The maximum absolute atomic E-state index is 10.5. The molecule has 0 aromatic heterocycles.